The second-order valence-corrected chi connectivity index (χ2v) is 9.85. The number of nitrogens with one attached hydrogen (secondary N) is 1. The van der Waals surface area contributed by atoms with Gasteiger partial charge in [0.25, 0.3) is 5.91 Å². The highest BCUT2D eigenvalue weighted by Crippen LogP contribution is 2.28. The van der Waals surface area contributed by atoms with Crippen molar-refractivity contribution in [2.75, 3.05) is 0 Å². The van der Waals surface area contributed by atoms with Crippen LogP contribution in [0.15, 0.2) is 71.8 Å². The molecule has 37 heavy (non-hydrogen) atoms. The molecule has 0 unspecified atom stereocenters. The molecule has 1 N–H and O–H groups in total. The molecule has 0 radical (unpaired) electrons. The Labute approximate surface area is 226 Å². The summed E-state index contributed by atoms with van der Waals surface area (Å²) in [6, 6.07) is 20.7. The molecule has 4 aromatic rings. The molecule has 0 saturated carbocycles. The summed E-state index contributed by atoms with van der Waals surface area (Å²) in [4.78, 5) is 12.6. The van der Waals surface area contributed by atoms with Crippen LogP contribution in [0.5, 0.6) is 5.75 Å². The minimum atomic E-state index is -0.330. The molecule has 0 saturated heterocycles. The summed E-state index contributed by atoms with van der Waals surface area (Å²) in [5.74, 6) is 0.926. The lowest BCUT2D eigenvalue weighted by Gasteiger charge is -2.15. The number of aryl methyl sites for hydroxylation is 2. The van der Waals surface area contributed by atoms with E-state index in [-0.39, 0.29) is 5.91 Å². The lowest BCUT2D eigenvalue weighted by atomic mass is 10.0. The number of hydrogen-bond donors (Lipinski definition) is 1. The Morgan fingerprint density at radius 2 is 1.76 bits per heavy atom. The van der Waals surface area contributed by atoms with Crippen molar-refractivity contribution in [2.24, 2.45) is 5.10 Å². The monoisotopic (exact) mass is 534 g/mol. The number of nitrogens with zero attached hydrogens (tertiary/aromatic N) is 3. The number of carbonyl (C=O) groups is 1. The zero-order chi connectivity index (χ0) is 26.5. The Morgan fingerprint density at radius 1 is 1.05 bits per heavy atom. The van der Waals surface area contributed by atoms with E-state index in [1.807, 2.05) is 38.1 Å². The number of amides is 1. The van der Waals surface area contributed by atoms with Crippen LogP contribution in [-0.4, -0.2) is 21.9 Å². The van der Waals surface area contributed by atoms with Crippen LogP contribution in [-0.2, 0) is 6.61 Å². The molecule has 8 heteroatoms. The van der Waals surface area contributed by atoms with Gasteiger partial charge in [-0.15, -0.1) is 0 Å². The quantitative estimate of drug-likeness (QED) is 0.191. The Bertz CT molecular complexity index is 1430. The van der Waals surface area contributed by atoms with Crippen LogP contribution >= 0.6 is 23.2 Å². The molecule has 0 aliphatic carbocycles. The smallest absolute Gasteiger partial charge is 0.271 e. The van der Waals surface area contributed by atoms with Crippen molar-refractivity contribution >= 4 is 35.3 Å². The first kappa shape index (κ1) is 26.5. The fraction of sp³-hybridized carbons (Fsp3) is 0.207. The highest BCUT2D eigenvalue weighted by Gasteiger charge is 2.14. The predicted octanol–water partition coefficient (Wildman–Crippen LogP) is 7.26. The number of carbonyl (C=O) groups excluding carboxylic acids is 1. The van der Waals surface area contributed by atoms with Gasteiger partial charge in [-0.3, -0.25) is 4.79 Å². The Balaban J connectivity index is 1.38. The van der Waals surface area contributed by atoms with E-state index in [4.69, 9.17) is 27.9 Å². The number of halogens is 2. The number of rotatable bonds is 8. The summed E-state index contributed by atoms with van der Waals surface area (Å²) < 4.78 is 7.69. The molecule has 6 nitrogen and oxygen atoms in total. The molecule has 1 heterocycles. The minimum absolute atomic E-state index is 0.330. The first-order chi connectivity index (χ1) is 17.7. The fourth-order valence-electron chi connectivity index (χ4n) is 3.79. The van der Waals surface area contributed by atoms with Crippen molar-refractivity contribution in [3.05, 3.63) is 110 Å². The topological polar surface area (TPSA) is 68.5 Å². The lowest BCUT2D eigenvalue weighted by Crippen LogP contribution is -2.17. The standard InChI is InChI=1S/C29H28Cl2N4O2/c1-18(2)25-14-5-19(3)15-27(25)37-17-21-6-8-22(9-7-21)29(36)33-32-16-26-20(4)34-35(28(26)31)24-12-10-23(30)11-13-24/h5-16,18H,17H2,1-4H3,(H,33,36)/b32-16-. The first-order valence-corrected chi connectivity index (χ1v) is 12.6. The number of hydrazone groups is 1. The van der Waals surface area contributed by atoms with E-state index in [0.717, 1.165) is 22.6 Å². The van der Waals surface area contributed by atoms with E-state index < -0.39 is 0 Å². The van der Waals surface area contributed by atoms with Crippen LogP contribution in [0.1, 0.15) is 58.1 Å². The molecule has 1 aromatic heterocycles. The van der Waals surface area contributed by atoms with Gasteiger partial charge >= 0.3 is 0 Å². The maximum atomic E-state index is 12.6. The van der Waals surface area contributed by atoms with Crippen molar-refractivity contribution in [3.8, 4) is 11.4 Å². The largest absolute Gasteiger partial charge is 0.489 e. The minimum Gasteiger partial charge on any atom is -0.489 e. The maximum Gasteiger partial charge on any atom is 0.271 e. The van der Waals surface area contributed by atoms with E-state index in [0.29, 0.717) is 39.5 Å². The average Bonchev–Trinajstić information content (AvgIpc) is 3.16. The zero-order valence-corrected chi connectivity index (χ0v) is 22.6. The normalized spacial score (nSPS) is 11.3. The molecular weight excluding hydrogens is 507 g/mol. The third-order valence-corrected chi connectivity index (χ3v) is 6.50. The molecule has 0 bridgehead atoms. The van der Waals surface area contributed by atoms with Gasteiger partial charge in [0, 0.05) is 10.6 Å². The Kier molecular flexibility index (Phi) is 8.31. The highest BCUT2D eigenvalue weighted by molar-refractivity contribution is 6.32. The van der Waals surface area contributed by atoms with Gasteiger partial charge in [0.2, 0.25) is 0 Å². The fourth-order valence-corrected chi connectivity index (χ4v) is 4.24. The van der Waals surface area contributed by atoms with Gasteiger partial charge in [-0.25, -0.2) is 10.1 Å². The van der Waals surface area contributed by atoms with Crippen molar-refractivity contribution in [1.82, 2.24) is 15.2 Å². The summed E-state index contributed by atoms with van der Waals surface area (Å²) in [6.07, 6.45) is 1.49. The van der Waals surface area contributed by atoms with Gasteiger partial charge < -0.3 is 4.74 Å². The molecule has 0 fully saturated rings. The van der Waals surface area contributed by atoms with Crippen LogP contribution in [0.2, 0.25) is 10.2 Å². The van der Waals surface area contributed by atoms with Crippen molar-refractivity contribution in [3.63, 3.8) is 0 Å². The van der Waals surface area contributed by atoms with Crippen LogP contribution < -0.4 is 10.2 Å². The number of benzene rings is 3. The van der Waals surface area contributed by atoms with Gasteiger partial charge in [0.05, 0.1) is 23.2 Å². The summed E-state index contributed by atoms with van der Waals surface area (Å²) in [7, 11) is 0. The molecule has 190 valence electrons. The second kappa shape index (κ2) is 11.6. The molecule has 0 aliphatic rings. The Morgan fingerprint density at radius 3 is 2.43 bits per heavy atom. The van der Waals surface area contributed by atoms with E-state index in [2.05, 4.69) is 47.7 Å². The number of hydrogen-bond acceptors (Lipinski definition) is 4. The van der Waals surface area contributed by atoms with Crippen LogP contribution in [0.4, 0.5) is 0 Å². The van der Waals surface area contributed by atoms with E-state index in [9.17, 15) is 4.79 Å². The third-order valence-electron chi connectivity index (χ3n) is 5.88. The second-order valence-electron chi connectivity index (χ2n) is 9.06. The molecule has 1 amide bonds. The van der Waals surface area contributed by atoms with Crippen molar-refractivity contribution < 1.29 is 9.53 Å². The highest BCUT2D eigenvalue weighted by atomic mass is 35.5. The molecule has 4 rings (SSSR count). The van der Waals surface area contributed by atoms with Gasteiger partial charge in [-0.1, -0.05) is 61.3 Å². The lowest BCUT2D eigenvalue weighted by molar-refractivity contribution is 0.0955. The summed E-state index contributed by atoms with van der Waals surface area (Å²) in [5.41, 5.74) is 8.39. The molecule has 3 aromatic carbocycles. The molecular formula is C29H28Cl2N4O2. The summed E-state index contributed by atoms with van der Waals surface area (Å²) >= 11 is 12.5. The maximum absolute atomic E-state index is 12.6. The van der Waals surface area contributed by atoms with Gasteiger partial charge in [-0.05, 0) is 78.9 Å². The summed E-state index contributed by atoms with van der Waals surface area (Å²) in [5, 5.41) is 9.56. The predicted molar refractivity (Wildman–Crippen MR) is 149 cm³/mol. The van der Waals surface area contributed by atoms with Gasteiger partial charge in [-0.2, -0.15) is 10.2 Å². The number of aromatic nitrogens is 2. The van der Waals surface area contributed by atoms with Gasteiger partial charge in [0.15, 0.2) is 0 Å². The first-order valence-electron chi connectivity index (χ1n) is 11.9. The van der Waals surface area contributed by atoms with Crippen LogP contribution in [0.25, 0.3) is 5.69 Å². The average molecular weight is 535 g/mol. The van der Waals surface area contributed by atoms with E-state index in [1.54, 1.807) is 28.9 Å². The molecule has 0 spiro atoms. The van der Waals surface area contributed by atoms with Gasteiger partial charge in [0.1, 0.15) is 17.5 Å². The SMILES string of the molecule is Cc1ccc(C(C)C)c(OCc2ccc(C(=O)N/N=C\c3c(C)nn(-c4ccc(Cl)cc4)c3Cl)cc2)c1. The Hall–Kier alpha value is -3.61. The zero-order valence-electron chi connectivity index (χ0n) is 21.1. The third kappa shape index (κ3) is 6.40. The van der Waals surface area contributed by atoms with Crippen molar-refractivity contribution in [1.29, 1.82) is 0 Å². The number of ether oxygens (including phenoxy) is 1. The van der Waals surface area contributed by atoms with Crippen LogP contribution in [0.3, 0.4) is 0 Å². The van der Waals surface area contributed by atoms with E-state index in [1.165, 1.54) is 11.8 Å². The molecule has 0 aliphatic heterocycles. The van der Waals surface area contributed by atoms with Crippen LogP contribution in [0, 0.1) is 13.8 Å². The van der Waals surface area contributed by atoms with Crippen molar-refractivity contribution in [2.45, 2.75) is 40.2 Å². The summed E-state index contributed by atoms with van der Waals surface area (Å²) in [6.45, 7) is 8.58. The van der Waals surface area contributed by atoms with E-state index >= 15 is 0 Å². The molecule has 0 atom stereocenters.